The van der Waals surface area contributed by atoms with Gasteiger partial charge in [-0.1, -0.05) is 13.3 Å². The molecule has 191 valence electrons. The van der Waals surface area contributed by atoms with Crippen LogP contribution in [0, 0.1) is 0 Å². The van der Waals surface area contributed by atoms with Gasteiger partial charge in [-0.15, -0.1) is 0 Å². The van der Waals surface area contributed by atoms with Crippen molar-refractivity contribution in [2.45, 2.75) is 57.9 Å². The van der Waals surface area contributed by atoms with E-state index in [9.17, 15) is 9.46 Å². The zero-order valence-electron chi connectivity index (χ0n) is 21.1. The molecule has 0 amide bonds. The molecular formula is C19H45Al3NO6PS2Si+. The van der Waals surface area contributed by atoms with E-state index in [1.165, 1.54) is 74.9 Å². The maximum Gasteiger partial charge on any atom is 0.411 e. The standard InChI is InChI=1S/C19H42NO6PS2Si.3Al.3H/c1-4-5-15-28-17-9-7-14-27(21,22)26-13-12-20(2,3)11-6-8-16-29-18-10-19-30(23,24)25;;;;;;/h4-19H2,1-3H3,(H,21,22);;;;;;/q-2;3*+1;;;. The van der Waals surface area contributed by atoms with Crippen LogP contribution in [0.5, 0.6) is 0 Å². The second-order valence-corrected chi connectivity index (χ2v) is 18.5. The minimum Gasteiger partial charge on any atom is -0.515 e. The predicted octanol–water partition coefficient (Wildman–Crippen LogP) is 2.92. The van der Waals surface area contributed by atoms with Gasteiger partial charge in [-0.25, -0.2) is 0 Å². The molecule has 0 saturated carbocycles. The first kappa shape index (κ1) is 35.5. The Morgan fingerprint density at radius 3 is 1.97 bits per heavy atom. The Balaban J connectivity index is 3.80. The number of thioether (sulfide) groups is 2. The minimum atomic E-state index is -3.45. The van der Waals surface area contributed by atoms with Crippen LogP contribution in [0.25, 0.3) is 0 Å². The molecular weight excluding hydrogens is 542 g/mol. The van der Waals surface area contributed by atoms with Gasteiger partial charge in [-0.2, -0.15) is 23.5 Å². The Morgan fingerprint density at radius 1 is 0.848 bits per heavy atom. The normalized spacial score (nSPS) is 14.4. The van der Waals surface area contributed by atoms with Gasteiger partial charge >= 0.3 is 66.3 Å². The van der Waals surface area contributed by atoms with E-state index in [0.717, 1.165) is 66.6 Å². The fraction of sp³-hybridized carbons (Fsp3) is 1.00. The number of quaternary nitrogens is 1. The van der Waals surface area contributed by atoms with E-state index >= 15 is 0 Å². The molecule has 0 spiro atoms. The van der Waals surface area contributed by atoms with Crippen molar-refractivity contribution in [2.24, 2.45) is 0 Å². The second-order valence-electron chi connectivity index (χ2n) is 8.79. The molecule has 0 saturated heterocycles. The molecule has 0 heterocycles. The van der Waals surface area contributed by atoms with E-state index in [0.29, 0.717) is 6.61 Å². The van der Waals surface area contributed by atoms with Crippen molar-refractivity contribution in [3.63, 3.8) is 0 Å². The van der Waals surface area contributed by atoms with E-state index < -0.39 is 16.4 Å². The summed E-state index contributed by atoms with van der Waals surface area (Å²) in [5, 5.41) is 0. The first-order chi connectivity index (χ1) is 15.7. The van der Waals surface area contributed by atoms with Gasteiger partial charge in [0.05, 0.1) is 26.8 Å². The highest BCUT2D eigenvalue weighted by atomic mass is 32.2. The molecule has 0 aliphatic heterocycles. The summed E-state index contributed by atoms with van der Waals surface area (Å²) in [6.07, 6.45) is 7.85. The second kappa shape index (κ2) is 21.4. The van der Waals surface area contributed by atoms with Gasteiger partial charge in [0.25, 0.3) is 0 Å². The molecule has 0 rings (SSSR count). The van der Waals surface area contributed by atoms with E-state index in [1.54, 1.807) is 0 Å². The fourth-order valence-electron chi connectivity index (χ4n) is 3.05. The SMILES string of the molecule is CCCCSCCCCP(=O)(O)OCC[N+](C)(C)CCCCSCCC[Si]([O][AlH])([O][AlH])[O][AlH]. The topological polar surface area (TPSA) is 74.2 Å². The van der Waals surface area contributed by atoms with Gasteiger partial charge in [0, 0.05) is 6.04 Å². The summed E-state index contributed by atoms with van der Waals surface area (Å²) in [5.41, 5.74) is 0. The molecule has 0 aliphatic carbocycles. The van der Waals surface area contributed by atoms with Crippen molar-refractivity contribution >= 4 is 89.8 Å². The average Bonchev–Trinajstić information content (AvgIpc) is 2.77. The Bertz CT molecular complexity index is 520. The molecule has 1 atom stereocenters. The van der Waals surface area contributed by atoms with Crippen molar-refractivity contribution in [1.82, 2.24) is 0 Å². The first-order valence-corrected chi connectivity index (χ1v) is 19.6. The van der Waals surface area contributed by atoms with E-state index in [-0.39, 0.29) is 6.16 Å². The summed E-state index contributed by atoms with van der Waals surface area (Å²) in [7, 11) is -1.51. The summed E-state index contributed by atoms with van der Waals surface area (Å²) < 4.78 is 34.9. The maximum atomic E-state index is 12.2. The highest BCUT2D eigenvalue weighted by Crippen LogP contribution is 2.42. The summed E-state index contributed by atoms with van der Waals surface area (Å²) in [4.78, 5) is 10.1. The van der Waals surface area contributed by atoms with Crippen LogP contribution >= 0.6 is 31.1 Å². The zero-order chi connectivity index (χ0) is 25.1. The molecule has 7 nitrogen and oxygen atoms in total. The minimum absolute atomic E-state index is 0.274. The smallest absolute Gasteiger partial charge is 0.411 e. The van der Waals surface area contributed by atoms with Gasteiger partial charge in [-0.3, -0.25) is 4.57 Å². The molecule has 1 N–H and O–H groups in total. The van der Waals surface area contributed by atoms with E-state index in [1.807, 2.05) is 23.5 Å². The zero-order valence-corrected chi connectivity index (χ0v) is 28.9. The van der Waals surface area contributed by atoms with Crippen LogP contribution in [-0.4, -0.2) is 131 Å². The van der Waals surface area contributed by atoms with Crippen LogP contribution in [0.3, 0.4) is 0 Å². The Labute approximate surface area is 237 Å². The van der Waals surface area contributed by atoms with E-state index in [2.05, 4.69) is 21.0 Å². The molecule has 0 aliphatic rings. The molecule has 0 bridgehead atoms. The third-order valence-electron chi connectivity index (χ3n) is 5.34. The molecule has 0 fully saturated rings. The molecule has 14 heteroatoms. The molecule has 33 heavy (non-hydrogen) atoms. The van der Waals surface area contributed by atoms with Crippen molar-refractivity contribution in [3.05, 3.63) is 0 Å². The lowest BCUT2D eigenvalue weighted by atomic mass is 10.3. The third-order valence-corrected chi connectivity index (χ3v) is 15.4. The number of unbranched alkanes of at least 4 members (excludes halogenated alkanes) is 3. The van der Waals surface area contributed by atoms with Crippen LogP contribution < -0.4 is 0 Å². The lowest BCUT2D eigenvalue weighted by molar-refractivity contribution is -0.890. The summed E-state index contributed by atoms with van der Waals surface area (Å²) in [5.74, 6) is 4.50. The first-order valence-electron chi connectivity index (χ1n) is 11.9. The molecule has 0 aromatic rings. The van der Waals surface area contributed by atoms with Gasteiger partial charge in [0.15, 0.2) is 0 Å². The Kier molecular flexibility index (Phi) is 23.1. The summed E-state index contributed by atoms with van der Waals surface area (Å²) in [6, 6.07) is 0.868. The summed E-state index contributed by atoms with van der Waals surface area (Å²) in [6.45, 7) is 4.34. The van der Waals surface area contributed by atoms with Gasteiger partial charge < -0.3 is 24.3 Å². The van der Waals surface area contributed by atoms with Crippen LogP contribution in [0.15, 0.2) is 0 Å². The van der Waals surface area contributed by atoms with Crippen molar-refractivity contribution in [2.75, 3.05) is 63.0 Å². The van der Waals surface area contributed by atoms with Crippen LogP contribution in [0.4, 0.5) is 0 Å². The fourth-order valence-corrected chi connectivity index (χ4v) is 12.1. The van der Waals surface area contributed by atoms with Crippen LogP contribution in [0.2, 0.25) is 6.04 Å². The van der Waals surface area contributed by atoms with Crippen molar-refractivity contribution < 1.29 is 28.9 Å². The third kappa shape index (κ3) is 20.2. The number of rotatable bonds is 24. The van der Waals surface area contributed by atoms with Crippen LogP contribution in [0.1, 0.15) is 51.9 Å². The highest BCUT2D eigenvalue weighted by molar-refractivity contribution is 7.99. The highest BCUT2D eigenvalue weighted by Gasteiger charge is 2.31. The van der Waals surface area contributed by atoms with Gasteiger partial charge in [-0.05, 0) is 61.5 Å². The molecule has 1 unspecified atom stereocenters. The Hall–Kier alpha value is 2.50. The number of likely N-dealkylation sites (N-methyl/N-ethyl adjacent to an activating group) is 1. The van der Waals surface area contributed by atoms with Crippen LogP contribution in [-0.2, 0) is 19.5 Å². The number of nitrogens with zero attached hydrogens (tertiary/aromatic N) is 1. The molecule has 0 aromatic heterocycles. The van der Waals surface area contributed by atoms with E-state index in [4.69, 9.17) is 15.0 Å². The lowest BCUT2D eigenvalue weighted by Crippen LogP contribution is -2.44. The molecule has 0 aromatic carbocycles. The number of hydrogen-bond acceptors (Lipinski definition) is 7. The maximum absolute atomic E-state index is 12.2. The van der Waals surface area contributed by atoms with Gasteiger partial charge in [0.1, 0.15) is 13.2 Å². The largest absolute Gasteiger partial charge is 0.515 e. The molecule has 3 radical (unpaired) electrons. The lowest BCUT2D eigenvalue weighted by Gasteiger charge is -2.30. The van der Waals surface area contributed by atoms with Crippen molar-refractivity contribution in [1.29, 1.82) is 0 Å². The quantitative estimate of drug-likeness (QED) is 0.0800. The summed E-state index contributed by atoms with van der Waals surface area (Å²) >= 11 is 8.30. The van der Waals surface area contributed by atoms with Crippen molar-refractivity contribution in [3.8, 4) is 0 Å². The average molecular weight is 588 g/mol. The monoisotopic (exact) mass is 587 g/mol. The van der Waals surface area contributed by atoms with Gasteiger partial charge in [0.2, 0.25) is 0 Å². The predicted molar refractivity (Wildman–Crippen MR) is 150 cm³/mol. The Morgan fingerprint density at radius 2 is 1.39 bits per heavy atom. The number of hydrogen-bond donors (Lipinski definition) is 1.